The van der Waals surface area contributed by atoms with Gasteiger partial charge in [-0.25, -0.2) is 4.98 Å². The van der Waals surface area contributed by atoms with Gasteiger partial charge in [0, 0.05) is 22.2 Å². The third-order valence-electron chi connectivity index (χ3n) is 3.14. The molecular formula is C15H16BrN3O2S. The summed E-state index contributed by atoms with van der Waals surface area (Å²) in [6.45, 7) is 1.79. The van der Waals surface area contributed by atoms with Crippen molar-refractivity contribution in [2.24, 2.45) is 0 Å². The van der Waals surface area contributed by atoms with Crippen LogP contribution in [-0.2, 0) is 11.2 Å². The highest BCUT2D eigenvalue weighted by molar-refractivity contribution is 9.10. The number of thioether (sulfide) groups is 1. The maximum Gasteiger partial charge on any atom is 0.254 e. The topological polar surface area (TPSA) is 74.8 Å². The highest BCUT2D eigenvalue weighted by atomic mass is 79.9. The van der Waals surface area contributed by atoms with Crippen LogP contribution >= 0.6 is 27.7 Å². The van der Waals surface area contributed by atoms with Gasteiger partial charge in [-0.1, -0.05) is 23.9 Å². The zero-order valence-corrected chi connectivity index (χ0v) is 14.7. The van der Waals surface area contributed by atoms with Crippen molar-refractivity contribution in [1.82, 2.24) is 9.97 Å². The number of halogens is 1. The van der Waals surface area contributed by atoms with Crippen molar-refractivity contribution in [3.05, 3.63) is 50.3 Å². The quantitative estimate of drug-likeness (QED) is 0.616. The van der Waals surface area contributed by atoms with Crippen molar-refractivity contribution >= 4 is 39.3 Å². The maximum atomic E-state index is 12.0. The average molecular weight is 382 g/mol. The van der Waals surface area contributed by atoms with E-state index < -0.39 is 0 Å². The Kier molecular flexibility index (Phi) is 5.79. The zero-order valence-electron chi connectivity index (χ0n) is 12.3. The first-order chi connectivity index (χ1) is 10.5. The minimum atomic E-state index is -0.175. The monoisotopic (exact) mass is 381 g/mol. The van der Waals surface area contributed by atoms with Gasteiger partial charge in [-0.3, -0.25) is 9.59 Å². The first-order valence-corrected chi connectivity index (χ1v) is 8.71. The molecule has 1 aromatic carbocycles. The minimum absolute atomic E-state index is 0.139. The fourth-order valence-corrected chi connectivity index (χ4v) is 2.80. The largest absolute Gasteiger partial charge is 0.325 e. The average Bonchev–Trinajstić information content (AvgIpc) is 2.48. The van der Waals surface area contributed by atoms with Gasteiger partial charge in [-0.15, -0.1) is 0 Å². The summed E-state index contributed by atoms with van der Waals surface area (Å²) in [5.41, 5.74) is 1.77. The van der Waals surface area contributed by atoms with Crippen LogP contribution in [0.5, 0.6) is 0 Å². The number of aryl methyl sites for hydroxylation is 1. The predicted octanol–water partition coefficient (Wildman–Crippen LogP) is 3.13. The molecule has 2 rings (SSSR count). The number of carbonyl (C=O) groups is 1. The van der Waals surface area contributed by atoms with E-state index in [4.69, 9.17) is 0 Å². The second-order valence-electron chi connectivity index (χ2n) is 4.67. The van der Waals surface area contributed by atoms with E-state index >= 15 is 0 Å². The smallest absolute Gasteiger partial charge is 0.254 e. The number of nitrogens with one attached hydrogen (secondary N) is 2. The van der Waals surface area contributed by atoms with Crippen LogP contribution in [0, 0.1) is 6.92 Å². The Morgan fingerprint density at radius 3 is 2.77 bits per heavy atom. The Bertz CT molecular complexity index is 746. The Morgan fingerprint density at radius 2 is 2.14 bits per heavy atom. The van der Waals surface area contributed by atoms with Crippen LogP contribution in [0.2, 0.25) is 0 Å². The van der Waals surface area contributed by atoms with Crippen LogP contribution in [0.3, 0.4) is 0 Å². The molecule has 0 aliphatic heterocycles. The Hall–Kier alpha value is -1.60. The highest BCUT2D eigenvalue weighted by Gasteiger charge is 2.11. The number of benzene rings is 1. The van der Waals surface area contributed by atoms with Crippen LogP contribution in [-0.4, -0.2) is 22.1 Å². The number of amides is 1. The summed E-state index contributed by atoms with van der Waals surface area (Å²) in [7, 11) is 0. The van der Waals surface area contributed by atoms with Gasteiger partial charge in [0.2, 0.25) is 5.91 Å². The fourth-order valence-electron chi connectivity index (χ4n) is 1.99. The molecule has 22 heavy (non-hydrogen) atoms. The van der Waals surface area contributed by atoms with Gasteiger partial charge in [0.05, 0.1) is 5.69 Å². The predicted molar refractivity (Wildman–Crippen MR) is 92.5 cm³/mol. The molecule has 2 N–H and O–H groups in total. The number of H-pyrrole nitrogens is 1. The van der Waals surface area contributed by atoms with Crippen molar-refractivity contribution in [2.75, 3.05) is 11.6 Å². The van der Waals surface area contributed by atoms with Crippen molar-refractivity contribution in [3.8, 4) is 0 Å². The SMILES string of the molecule is CSc1nc(C)c(CCC(=O)Nc2ccccc2Br)c(=O)[nH]1. The number of aromatic nitrogens is 2. The lowest BCUT2D eigenvalue weighted by atomic mass is 10.1. The molecule has 1 aromatic heterocycles. The van der Waals surface area contributed by atoms with Crippen molar-refractivity contribution in [2.45, 2.75) is 24.9 Å². The number of nitrogens with zero attached hydrogens (tertiary/aromatic N) is 1. The van der Waals surface area contributed by atoms with Crippen LogP contribution < -0.4 is 10.9 Å². The molecule has 116 valence electrons. The standard InChI is InChI=1S/C15H16BrN3O2S/c1-9-10(14(21)19-15(17-9)22-2)7-8-13(20)18-12-6-4-3-5-11(12)16/h3-6H,7-8H2,1-2H3,(H,18,20)(H,17,19,21). The van der Waals surface area contributed by atoms with E-state index in [2.05, 4.69) is 31.2 Å². The second-order valence-corrected chi connectivity index (χ2v) is 6.32. The minimum Gasteiger partial charge on any atom is -0.325 e. The van der Waals surface area contributed by atoms with Crippen molar-refractivity contribution in [3.63, 3.8) is 0 Å². The number of hydrogen-bond acceptors (Lipinski definition) is 4. The molecule has 0 saturated carbocycles. The molecule has 0 bridgehead atoms. The first-order valence-electron chi connectivity index (χ1n) is 6.69. The molecule has 0 radical (unpaired) electrons. The molecule has 5 nitrogen and oxygen atoms in total. The molecule has 1 heterocycles. The molecule has 0 aliphatic carbocycles. The summed E-state index contributed by atoms with van der Waals surface area (Å²) in [5, 5.41) is 3.41. The van der Waals surface area contributed by atoms with E-state index in [9.17, 15) is 9.59 Å². The Labute approximate surface area is 141 Å². The van der Waals surface area contributed by atoms with E-state index in [0.717, 1.165) is 4.47 Å². The number of aromatic amines is 1. The third kappa shape index (κ3) is 4.20. The van der Waals surface area contributed by atoms with E-state index in [1.807, 2.05) is 30.5 Å². The summed E-state index contributed by atoms with van der Waals surface area (Å²) < 4.78 is 0.823. The number of carbonyl (C=O) groups excluding carboxylic acids is 1. The number of hydrogen-bond donors (Lipinski definition) is 2. The third-order valence-corrected chi connectivity index (χ3v) is 4.42. The number of rotatable bonds is 5. The lowest BCUT2D eigenvalue weighted by Crippen LogP contribution is -2.20. The van der Waals surface area contributed by atoms with Gasteiger partial charge in [0.15, 0.2) is 5.16 Å². The molecule has 0 unspecified atom stereocenters. The Morgan fingerprint density at radius 1 is 1.41 bits per heavy atom. The van der Waals surface area contributed by atoms with Gasteiger partial charge in [0.25, 0.3) is 5.56 Å². The summed E-state index contributed by atoms with van der Waals surface area (Å²) in [6.07, 6.45) is 2.44. The second kappa shape index (κ2) is 7.60. The molecule has 2 aromatic rings. The first kappa shape index (κ1) is 16.8. The summed E-state index contributed by atoms with van der Waals surface area (Å²) >= 11 is 4.76. The Balaban J connectivity index is 2.03. The molecule has 7 heteroatoms. The summed E-state index contributed by atoms with van der Waals surface area (Å²) in [6, 6.07) is 7.40. The highest BCUT2D eigenvalue weighted by Crippen LogP contribution is 2.21. The molecule has 0 saturated heterocycles. The zero-order chi connectivity index (χ0) is 16.1. The van der Waals surface area contributed by atoms with Crippen molar-refractivity contribution < 1.29 is 4.79 Å². The van der Waals surface area contributed by atoms with Gasteiger partial charge in [-0.2, -0.15) is 0 Å². The molecule has 0 atom stereocenters. The lowest BCUT2D eigenvalue weighted by Gasteiger charge is -2.08. The molecular weight excluding hydrogens is 366 g/mol. The molecule has 0 fully saturated rings. The van der Waals surface area contributed by atoms with Crippen LogP contribution in [0.4, 0.5) is 5.69 Å². The lowest BCUT2D eigenvalue weighted by molar-refractivity contribution is -0.116. The maximum absolute atomic E-state index is 12.0. The van der Waals surface area contributed by atoms with E-state index in [1.165, 1.54) is 11.8 Å². The molecule has 1 amide bonds. The summed E-state index contributed by atoms with van der Waals surface area (Å²) in [5.74, 6) is -0.139. The van der Waals surface area contributed by atoms with Crippen LogP contribution in [0.15, 0.2) is 38.7 Å². The van der Waals surface area contributed by atoms with E-state index in [1.54, 1.807) is 6.92 Å². The normalized spacial score (nSPS) is 10.5. The molecule has 0 aliphatic rings. The van der Waals surface area contributed by atoms with E-state index in [-0.39, 0.29) is 17.9 Å². The van der Waals surface area contributed by atoms with E-state index in [0.29, 0.717) is 28.5 Å². The van der Waals surface area contributed by atoms with Gasteiger partial charge < -0.3 is 10.3 Å². The number of para-hydroxylation sites is 1. The number of anilines is 1. The van der Waals surface area contributed by atoms with Gasteiger partial charge in [0.1, 0.15) is 0 Å². The fraction of sp³-hybridized carbons (Fsp3) is 0.267. The van der Waals surface area contributed by atoms with Gasteiger partial charge >= 0.3 is 0 Å². The molecule has 0 spiro atoms. The van der Waals surface area contributed by atoms with Gasteiger partial charge in [-0.05, 0) is 47.7 Å². The van der Waals surface area contributed by atoms with Crippen LogP contribution in [0.25, 0.3) is 0 Å². The van der Waals surface area contributed by atoms with Crippen LogP contribution in [0.1, 0.15) is 17.7 Å². The summed E-state index contributed by atoms with van der Waals surface area (Å²) in [4.78, 5) is 31.0. The van der Waals surface area contributed by atoms with Crippen molar-refractivity contribution in [1.29, 1.82) is 0 Å².